The largest absolute Gasteiger partial charge is 0.381 e. The molecule has 1 N–H and O–H groups in total. The van der Waals surface area contributed by atoms with Gasteiger partial charge in [0.05, 0.1) is 22.4 Å². The molecule has 1 unspecified atom stereocenters. The van der Waals surface area contributed by atoms with E-state index in [0.717, 1.165) is 50.0 Å². The maximum Gasteiger partial charge on any atom is 0.0698 e. The molecule has 2 rings (SSSR count). The molecular formula is C14H24BrN3O. The molecule has 0 aliphatic carbocycles. The monoisotopic (exact) mass is 329 g/mol. The summed E-state index contributed by atoms with van der Waals surface area (Å²) in [6, 6.07) is 0.373. The summed E-state index contributed by atoms with van der Waals surface area (Å²) in [7, 11) is 0. The molecule has 19 heavy (non-hydrogen) atoms. The van der Waals surface area contributed by atoms with E-state index in [0.29, 0.717) is 12.0 Å². The summed E-state index contributed by atoms with van der Waals surface area (Å²) in [6.07, 6.45) is 5.28. The van der Waals surface area contributed by atoms with Crippen LogP contribution in [0.15, 0.2) is 10.7 Å². The number of nitrogens with one attached hydrogen (secondary N) is 1. The van der Waals surface area contributed by atoms with Gasteiger partial charge in [-0.15, -0.1) is 0 Å². The van der Waals surface area contributed by atoms with E-state index < -0.39 is 0 Å². The predicted octanol–water partition coefficient (Wildman–Crippen LogP) is 3.13. The number of aromatic nitrogens is 2. The lowest BCUT2D eigenvalue weighted by atomic mass is 9.89. The fraction of sp³-hybridized carbons (Fsp3) is 0.786. The minimum absolute atomic E-state index is 0.373. The van der Waals surface area contributed by atoms with Crippen LogP contribution in [-0.4, -0.2) is 29.5 Å². The summed E-state index contributed by atoms with van der Waals surface area (Å²) in [5.41, 5.74) is 1.30. The number of rotatable bonds is 6. The van der Waals surface area contributed by atoms with Gasteiger partial charge in [0, 0.05) is 19.8 Å². The summed E-state index contributed by atoms with van der Waals surface area (Å²) in [5, 5.41) is 8.15. The first kappa shape index (κ1) is 15.0. The SMILES string of the molecule is CCCn1ncc(Br)c1C(NCC)C1CCOCC1. The van der Waals surface area contributed by atoms with Crippen LogP contribution in [0.1, 0.15) is 44.8 Å². The van der Waals surface area contributed by atoms with E-state index in [4.69, 9.17) is 4.74 Å². The molecule has 4 nitrogen and oxygen atoms in total. The van der Waals surface area contributed by atoms with E-state index in [1.54, 1.807) is 0 Å². The second-order valence-corrected chi connectivity index (χ2v) is 5.94. The van der Waals surface area contributed by atoms with Gasteiger partial charge in [-0.2, -0.15) is 5.10 Å². The highest BCUT2D eigenvalue weighted by Gasteiger charge is 2.29. The summed E-state index contributed by atoms with van der Waals surface area (Å²) >= 11 is 3.67. The van der Waals surface area contributed by atoms with Crippen molar-refractivity contribution < 1.29 is 4.74 Å². The lowest BCUT2D eigenvalue weighted by Crippen LogP contribution is -2.34. The summed E-state index contributed by atoms with van der Waals surface area (Å²) in [5.74, 6) is 0.636. The fourth-order valence-corrected chi connectivity index (χ4v) is 3.37. The first-order valence-corrected chi connectivity index (χ1v) is 8.09. The number of ether oxygens (including phenoxy) is 1. The van der Waals surface area contributed by atoms with Gasteiger partial charge in [0.1, 0.15) is 0 Å². The summed E-state index contributed by atoms with van der Waals surface area (Å²) < 4.78 is 8.76. The number of aryl methyl sites for hydroxylation is 1. The highest BCUT2D eigenvalue weighted by molar-refractivity contribution is 9.10. The van der Waals surface area contributed by atoms with Crippen LogP contribution < -0.4 is 5.32 Å². The Morgan fingerprint density at radius 3 is 2.84 bits per heavy atom. The van der Waals surface area contributed by atoms with E-state index in [-0.39, 0.29) is 0 Å². The van der Waals surface area contributed by atoms with E-state index in [9.17, 15) is 0 Å². The van der Waals surface area contributed by atoms with Crippen LogP contribution in [0.25, 0.3) is 0 Å². The van der Waals surface area contributed by atoms with Gasteiger partial charge in [-0.3, -0.25) is 4.68 Å². The van der Waals surface area contributed by atoms with Crippen LogP contribution in [0, 0.1) is 5.92 Å². The molecule has 108 valence electrons. The Balaban J connectivity index is 2.24. The Morgan fingerprint density at radius 2 is 2.21 bits per heavy atom. The van der Waals surface area contributed by atoms with Crippen LogP contribution >= 0.6 is 15.9 Å². The molecule has 2 heterocycles. The topological polar surface area (TPSA) is 39.1 Å². The molecule has 0 saturated carbocycles. The van der Waals surface area contributed by atoms with Crippen molar-refractivity contribution in [2.75, 3.05) is 19.8 Å². The lowest BCUT2D eigenvalue weighted by molar-refractivity contribution is 0.0525. The Bertz CT molecular complexity index is 388. The molecule has 1 saturated heterocycles. The molecule has 0 radical (unpaired) electrons. The zero-order valence-electron chi connectivity index (χ0n) is 11.9. The van der Waals surface area contributed by atoms with Crippen molar-refractivity contribution >= 4 is 15.9 Å². The van der Waals surface area contributed by atoms with Gasteiger partial charge in [-0.05, 0) is 47.7 Å². The molecule has 0 amide bonds. The van der Waals surface area contributed by atoms with E-state index in [2.05, 4.69) is 44.9 Å². The average Bonchev–Trinajstić information content (AvgIpc) is 2.79. The van der Waals surface area contributed by atoms with Crippen molar-refractivity contribution in [3.63, 3.8) is 0 Å². The van der Waals surface area contributed by atoms with Gasteiger partial charge in [0.25, 0.3) is 0 Å². The van der Waals surface area contributed by atoms with Gasteiger partial charge < -0.3 is 10.1 Å². The Hall–Kier alpha value is -0.390. The summed E-state index contributed by atoms with van der Waals surface area (Å²) in [6.45, 7) is 8.08. The molecule has 0 spiro atoms. The number of hydrogen-bond acceptors (Lipinski definition) is 3. The minimum atomic E-state index is 0.373. The first-order chi connectivity index (χ1) is 9.27. The Morgan fingerprint density at radius 1 is 1.47 bits per heavy atom. The van der Waals surface area contributed by atoms with Crippen molar-refractivity contribution in [3.05, 3.63) is 16.4 Å². The van der Waals surface area contributed by atoms with Gasteiger partial charge in [0.2, 0.25) is 0 Å². The maximum absolute atomic E-state index is 5.49. The highest BCUT2D eigenvalue weighted by atomic mass is 79.9. The predicted molar refractivity (Wildman–Crippen MR) is 80.2 cm³/mol. The fourth-order valence-electron chi connectivity index (χ4n) is 2.83. The molecule has 1 aromatic heterocycles. The third-order valence-corrected chi connectivity index (χ3v) is 4.34. The number of nitrogens with zero attached hydrogens (tertiary/aromatic N) is 2. The van der Waals surface area contributed by atoms with Crippen LogP contribution in [0.5, 0.6) is 0 Å². The Labute approximate surface area is 124 Å². The normalized spacial score (nSPS) is 18.7. The second kappa shape index (κ2) is 7.41. The smallest absolute Gasteiger partial charge is 0.0698 e. The zero-order chi connectivity index (χ0) is 13.7. The molecule has 1 atom stereocenters. The van der Waals surface area contributed by atoms with E-state index >= 15 is 0 Å². The van der Waals surface area contributed by atoms with Crippen LogP contribution in [0.3, 0.4) is 0 Å². The van der Waals surface area contributed by atoms with Gasteiger partial charge in [-0.25, -0.2) is 0 Å². The van der Waals surface area contributed by atoms with Crippen molar-refractivity contribution in [2.45, 2.75) is 45.7 Å². The minimum Gasteiger partial charge on any atom is -0.381 e. The van der Waals surface area contributed by atoms with Gasteiger partial charge in [0.15, 0.2) is 0 Å². The second-order valence-electron chi connectivity index (χ2n) is 5.09. The molecule has 1 aromatic rings. The summed E-state index contributed by atoms with van der Waals surface area (Å²) in [4.78, 5) is 0. The van der Waals surface area contributed by atoms with Gasteiger partial charge in [-0.1, -0.05) is 13.8 Å². The molecule has 1 aliphatic rings. The van der Waals surface area contributed by atoms with Crippen molar-refractivity contribution in [1.29, 1.82) is 0 Å². The molecule has 0 bridgehead atoms. The first-order valence-electron chi connectivity index (χ1n) is 7.30. The molecule has 0 aromatic carbocycles. The molecule has 5 heteroatoms. The van der Waals surface area contributed by atoms with Crippen LogP contribution in [-0.2, 0) is 11.3 Å². The lowest BCUT2D eigenvalue weighted by Gasteiger charge is -2.31. The van der Waals surface area contributed by atoms with E-state index in [1.807, 2.05) is 6.20 Å². The standard InChI is InChI=1S/C14H24BrN3O/c1-3-7-18-14(12(15)10-17-18)13(16-4-2)11-5-8-19-9-6-11/h10-11,13,16H,3-9H2,1-2H3. The third-order valence-electron chi connectivity index (χ3n) is 3.72. The molecular weight excluding hydrogens is 306 g/mol. The molecule has 1 fully saturated rings. The molecule has 1 aliphatic heterocycles. The van der Waals surface area contributed by atoms with Crippen molar-refractivity contribution in [2.24, 2.45) is 5.92 Å². The van der Waals surface area contributed by atoms with Crippen LogP contribution in [0.4, 0.5) is 0 Å². The number of hydrogen-bond donors (Lipinski definition) is 1. The highest BCUT2D eigenvalue weighted by Crippen LogP contribution is 2.34. The number of halogens is 1. The zero-order valence-corrected chi connectivity index (χ0v) is 13.4. The Kier molecular flexibility index (Phi) is 5.85. The van der Waals surface area contributed by atoms with Gasteiger partial charge >= 0.3 is 0 Å². The van der Waals surface area contributed by atoms with Crippen LogP contribution in [0.2, 0.25) is 0 Å². The van der Waals surface area contributed by atoms with Crippen molar-refractivity contribution in [3.8, 4) is 0 Å². The third kappa shape index (κ3) is 3.58. The average molecular weight is 330 g/mol. The maximum atomic E-state index is 5.49. The van der Waals surface area contributed by atoms with E-state index in [1.165, 1.54) is 5.69 Å². The van der Waals surface area contributed by atoms with Crippen molar-refractivity contribution in [1.82, 2.24) is 15.1 Å². The quantitative estimate of drug-likeness (QED) is 0.871.